The largest absolute Gasteiger partial charge is 0.400 e. The summed E-state index contributed by atoms with van der Waals surface area (Å²) in [6, 6.07) is 7.81. The molecule has 7 heteroatoms. The number of carbonyl (C=O) groups is 1. The highest BCUT2D eigenvalue weighted by atomic mass is 32.2. The van der Waals surface area contributed by atoms with E-state index in [0.717, 1.165) is 11.4 Å². The third-order valence-electron chi connectivity index (χ3n) is 2.07. The number of aliphatic hydroxyl groups excluding tert-OH is 2. The summed E-state index contributed by atoms with van der Waals surface area (Å²) < 4.78 is 23.8. The van der Waals surface area contributed by atoms with Crippen molar-refractivity contribution >= 4 is 15.8 Å². The normalized spacial score (nSPS) is 12.6. The van der Waals surface area contributed by atoms with Gasteiger partial charge in [-0.2, -0.15) is 0 Å². The molecular formula is C11H17NO5S. The van der Waals surface area contributed by atoms with Crippen molar-refractivity contribution < 1.29 is 23.4 Å². The Morgan fingerprint density at radius 2 is 1.61 bits per heavy atom. The minimum atomic E-state index is -3.98. The van der Waals surface area contributed by atoms with Gasteiger partial charge in [-0.15, -0.1) is 0 Å². The predicted molar refractivity (Wildman–Crippen MR) is 67.5 cm³/mol. The van der Waals surface area contributed by atoms with Gasteiger partial charge in [-0.05, 0) is 0 Å². The molecule has 0 aromatic heterocycles. The molecule has 6 nitrogen and oxygen atoms in total. The fourth-order valence-electron chi connectivity index (χ4n) is 1.08. The number of aliphatic hydroxyl groups is 2. The number of Topliss-reactive ketones (excluding diaryl/α,β-unsaturated/α-hetero) is 1. The van der Waals surface area contributed by atoms with Crippen LogP contribution in [0.1, 0.15) is 10.4 Å². The van der Waals surface area contributed by atoms with Crippen molar-refractivity contribution in [1.29, 1.82) is 0 Å². The predicted octanol–water partition coefficient (Wildman–Crippen LogP) is -0.312. The second-order valence-corrected chi connectivity index (χ2v) is 5.62. The first kappa shape index (κ1) is 16.7. The van der Waals surface area contributed by atoms with Gasteiger partial charge in [0.2, 0.25) is 21.2 Å². The zero-order chi connectivity index (χ0) is 14.3. The van der Waals surface area contributed by atoms with E-state index in [2.05, 4.69) is 0 Å². The van der Waals surface area contributed by atoms with Gasteiger partial charge >= 0.3 is 0 Å². The second-order valence-electron chi connectivity index (χ2n) is 3.41. The average Bonchev–Trinajstić information content (AvgIpc) is 2.40. The molecule has 0 aliphatic heterocycles. The molecule has 0 bridgehead atoms. The molecule has 0 fully saturated rings. The van der Waals surface area contributed by atoms with Crippen LogP contribution in [0, 0.1) is 0 Å². The van der Waals surface area contributed by atoms with Crippen LogP contribution in [0.2, 0.25) is 0 Å². The molecule has 1 unspecified atom stereocenters. The monoisotopic (exact) mass is 275 g/mol. The van der Waals surface area contributed by atoms with E-state index in [1.807, 2.05) is 0 Å². The molecule has 102 valence electrons. The summed E-state index contributed by atoms with van der Waals surface area (Å²) >= 11 is 0. The van der Waals surface area contributed by atoms with Crippen LogP contribution in [-0.2, 0) is 10.0 Å². The minimum Gasteiger partial charge on any atom is -0.400 e. The second kappa shape index (κ2) is 7.22. The van der Waals surface area contributed by atoms with Gasteiger partial charge in [0.1, 0.15) is 0 Å². The van der Waals surface area contributed by atoms with Crippen LogP contribution in [0.15, 0.2) is 30.3 Å². The number of sulfonamides is 1. The molecule has 1 aromatic carbocycles. The van der Waals surface area contributed by atoms with Gasteiger partial charge in [0.15, 0.2) is 0 Å². The van der Waals surface area contributed by atoms with E-state index in [9.17, 15) is 18.3 Å². The number of carbonyl (C=O) groups excluding carboxylic acids is 1. The highest BCUT2D eigenvalue weighted by molar-refractivity contribution is 7.90. The molecular weight excluding hydrogens is 258 g/mol. The van der Waals surface area contributed by atoms with E-state index < -0.39 is 21.2 Å². The van der Waals surface area contributed by atoms with Gasteiger partial charge in [-0.25, -0.2) is 12.7 Å². The summed E-state index contributed by atoms with van der Waals surface area (Å²) in [7, 11) is -0.463. The standard InChI is InChI=1S/C10H13NO4S.CH4O/c1-11(2)16(14,15)10(13)9(12)8-6-4-3-5-7-8;1-2/h3-7,10,13H,1-2H3;2H,1H3. The van der Waals surface area contributed by atoms with Crippen LogP contribution in [0.4, 0.5) is 0 Å². The lowest BCUT2D eigenvalue weighted by Gasteiger charge is -2.15. The van der Waals surface area contributed by atoms with E-state index in [-0.39, 0.29) is 5.56 Å². The van der Waals surface area contributed by atoms with Crippen molar-refractivity contribution in [2.45, 2.75) is 5.44 Å². The summed E-state index contributed by atoms with van der Waals surface area (Å²) in [5.41, 5.74) is -1.88. The maximum atomic E-state index is 11.6. The van der Waals surface area contributed by atoms with Crippen LogP contribution in [0.25, 0.3) is 0 Å². The van der Waals surface area contributed by atoms with Gasteiger partial charge in [0.05, 0.1) is 0 Å². The Balaban J connectivity index is 0.00000137. The lowest BCUT2D eigenvalue weighted by molar-refractivity contribution is 0.0852. The first-order chi connectivity index (χ1) is 8.37. The van der Waals surface area contributed by atoms with Crippen LogP contribution >= 0.6 is 0 Å². The highest BCUT2D eigenvalue weighted by Crippen LogP contribution is 2.10. The van der Waals surface area contributed by atoms with E-state index in [1.54, 1.807) is 18.2 Å². The molecule has 18 heavy (non-hydrogen) atoms. The topological polar surface area (TPSA) is 94.9 Å². The third kappa shape index (κ3) is 3.88. The molecule has 0 saturated carbocycles. The minimum absolute atomic E-state index is 0.167. The van der Waals surface area contributed by atoms with E-state index >= 15 is 0 Å². The maximum absolute atomic E-state index is 11.6. The van der Waals surface area contributed by atoms with Crippen LogP contribution < -0.4 is 0 Å². The molecule has 0 amide bonds. The lowest BCUT2D eigenvalue weighted by Crippen LogP contribution is -2.38. The zero-order valence-corrected chi connectivity index (χ0v) is 11.3. The molecule has 0 radical (unpaired) electrons. The van der Waals surface area contributed by atoms with Gasteiger partial charge < -0.3 is 10.2 Å². The Bertz CT molecular complexity index is 469. The van der Waals surface area contributed by atoms with Gasteiger partial charge in [0, 0.05) is 26.8 Å². The summed E-state index contributed by atoms with van der Waals surface area (Å²) in [5, 5.41) is 16.5. The van der Waals surface area contributed by atoms with Crippen molar-refractivity contribution in [2.75, 3.05) is 21.2 Å². The Labute approximate surface area is 107 Å². The van der Waals surface area contributed by atoms with Gasteiger partial charge in [-0.3, -0.25) is 4.79 Å². The Kier molecular flexibility index (Phi) is 6.71. The SMILES string of the molecule is CN(C)S(=O)(=O)C(O)C(=O)c1ccccc1.CO. The van der Waals surface area contributed by atoms with Crippen LogP contribution in [-0.4, -0.2) is 55.4 Å². The quantitative estimate of drug-likeness (QED) is 0.735. The zero-order valence-electron chi connectivity index (χ0n) is 10.4. The number of ketones is 1. The molecule has 1 rings (SSSR count). The molecule has 0 aliphatic rings. The first-order valence-corrected chi connectivity index (χ1v) is 6.51. The third-order valence-corrected chi connectivity index (χ3v) is 3.87. The summed E-state index contributed by atoms with van der Waals surface area (Å²) in [5.74, 6) is -0.825. The van der Waals surface area contributed by atoms with Crippen molar-refractivity contribution in [2.24, 2.45) is 0 Å². The number of hydrogen-bond donors (Lipinski definition) is 2. The maximum Gasteiger partial charge on any atom is 0.248 e. The van der Waals surface area contributed by atoms with E-state index in [0.29, 0.717) is 0 Å². The van der Waals surface area contributed by atoms with Gasteiger partial charge in [0.25, 0.3) is 0 Å². The molecule has 0 aliphatic carbocycles. The number of rotatable bonds is 4. The Hall–Kier alpha value is -1.28. The lowest BCUT2D eigenvalue weighted by atomic mass is 10.1. The van der Waals surface area contributed by atoms with Crippen molar-refractivity contribution in [1.82, 2.24) is 4.31 Å². The molecule has 0 heterocycles. The Morgan fingerprint density at radius 1 is 1.17 bits per heavy atom. The number of nitrogens with zero attached hydrogens (tertiary/aromatic N) is 1. The van der Waals surface area contributed by atoms with E-state index in [1.165, 1.54) is 26.2 Å². The molecule has 1 atom stereocenters. The van der Waals surface area contributed by atoms with Crippen molar-refractivity contribution in [3.05, 3.63) is 35.9 Å². The highest BCUT2D eigenvalue weighted by Gasteiger charge is 2.32. The van der Waals surface area contributed by atoms with Crippen LogP contribution in [0.5, 0.6) is 0 Å². The fourth-order valence-corrected chi connectivity index (χ4v) is 1.89. The molecule has 0 spiro atoms. The summed E-state index contributed by atoms with van der Waals surface area (Å²) in [4.78, 5) is 11.6. The smallest absolute Gasteiger partial charge is 0.248 e. The molecule has 0 saturated heterocycles. The Morgan fingerprint density at radius 3 is 2.00 bits per heavy atom. The molecule has 2 N–H and O–H groups in total. The first-order valence-electron chi connectivity index (χ1n) is 5.00. The molecule has 1 aromatic rings. The number of hydrogen-bond acceptors (Lipinski definition) is 5. The van der Waals surface area contributed by atoms with Gasteiger partial charge in [-0.1, -0.05) is 30.3 Å². The van der Waals surface area contributed by atoms with Crippen molar-refractivity contribution in [3.63, 3.8) is 0 Å². The van der Waals surface area contributed by atoms with E-state index in [4.69, 9.17) is 5.11 Å². The summed E-state index contributed by atoms with van der Waals surface area (Å²) in [6.07, 6.45) is 0. The average molecular weight is 275 g/mol. The van der Waals surface area contributed by atoms with Crippen molar-refractivity contribution in [3.8, 4) is 0 Å². The van der Waals surface area contributed by atoms with Crippen LogP contribution in [0.3, 0.4) is 0 Å². The fraction of sp³-hybridized carbons (Fsp3) is 0.364. The number of benzene rings is 1. The summed E-state index contributed by atoms with van der Waals surface area (Å²) in [6.45, 7) is 0.